The van der Waals surface area contributed by atoms with Crippen LogP contribution in [-0.4, -0.2) is 38.0 Å². The van der Waals surface area contributed by atoms with E-state index in [1.165, 1.54) is 25.7 Å². The van der Waals surface area contributed by atoms with Crippen LogP contribution in [0, 0.1) is 0 Å². The number of hydrogen-bond acceptors (Lipinski definition) is 4. The Hall–Kier alpha value is -0.610. The molecule has 0 spiro atoms. The molecule has 0 aromatic rings. The summed E-state index contributed by atoms with van der Waals surface area (Å²) < 4.78 is 16.3. The molecule has 0 aromatic carbocycles. The third-order valence-corrected chi connectivity index (χ3v) is 3.69. The zero-order valence-electron chi connectivity index (χ0n) is 11.1. The van der Waals surface area contributed by atoms with Crippen LogP contribution in [0.2, 0.25) is 0 Å². The number of ether oxygens (including phenoxy) is 3. The highest BCUT2D eigenvalue weighted by Gasteiger charge is 2.18. The highest BCUT2D eigenvalue weighted by atomic mass is 16.6. The van der Waals surface area contributed by atoms with Gasteiger partial charge in [0.1, 0.15) is 13.2 Å². The molecule has 1 aliphatic carbocycles. The molecule has 1 unspecified atom stereocenters. The van der Waals surface area contributed by atoms with Crippen LogP contribution in [-0.2, 0) is 19.0 Å². The highest BCUT2D eigenvalue weighted by Crippen LogP contribution is 2.20. The van der Waals surface area contributed by atoms with Gasteiger partial charge in [0.2, 0.25) is 0 Å². The van der Waals surface area contributed by atoms with Gasteiger partial charge in [0.05, 0.1) is 12.2 Å². The maximum Gasteiger partial charge on any atom is 0.332 e. The van der Waals surface area contributed by atoms with Gasteiger partial charge in [-0.3, -0.25) is 0 Å². The van der Waals surface area contributed by atoms with Crippen LogP contribution < -0.4 is 0 Å². The third-order valence-electron chi connectivity index (χ3n) is 3.69. The number of rotatable bonds is 5. The summed E-state index contributed by atoms with van der Waals surface area (Å²) in [7, 11) is 0. The SMILES string of the molecule is O=C(COC1CCCCC1)OCC1CCCCO1. The molecular weight excluding hydrogens is 232 g/mol. The molecule has 0 aromatic heterocycles. The van der Waals surface area contributed by atoms with E-state index in [0.29, 0.717) is 6.61 Å². The molecule has 1 atom stereocenters. The van der Waals surface area contributed by atoms with Crippen LogP contribution in [0.15, 0.2) is 0 Å². The van der Waals surface area contributed by atoms with Crippen molar-refractivity contribution < 1.29 is 19.0 Å². The van der Waals surface area contributed by atoms with Crippen LogP contribution in [0.1, 0.15) is 51.4 Å². The Kier molecular flexibility index (Phi) is 5.94. The maximum absolute atomic E-state index is 11.5. The maximum atomic E-state index is 11.5. The van der Waals surface area contributed by atoms with Gasteiger partial charge < -0.3 is 14.2 Å². The van der Waals surface area contributed by atoms with E-state index in [0.717, 1.165) is 32.3 Å². The Bertz CT molecular complexity index is 218. The fraction of sp³-hybridized carbons (Fsp3) is 0.929. The lowest BCUT2D eigenvalue weighted by Gasteiger charge is -2.23. The van der Waals surface area contributed by atoms with Crippen molar-refractivity contribution >= 4 is 5.97 Å². The first-order valence-electron chi connectivity index (χ1n) is 7.23. The van der Waals surface area contributed by atoms with E-state index in [9.17, 15) is 4.79 Å². The van der Waals surface area contributed by atoms with Crippen LogP contribution in [0.4, 0.5) is 0 Å². The summed E-state index contributed by atoms with van der Waals surface area (Å²) >= 11 is 0. The van der Waals surface area contributed by atoms with E-state index in [1.807, 2.05) is 0 Å². The fourth-order valence-electron chi connectivity index (χ4n) is 2.58. The van der Waals surface area contributed by atoms with E-state index >= 15 is 0 Å². The molecule has 0 radical (unpaired) electrons. The molecule has 0 amide bonds. The van der Waals surface area contributed by atoms with Crippen LogP contribution >= 0.6 is 0 Å². The van der Waals surface area contributed by atoms with E-state index < -0.39 is 0 Å². The molecule has 4 heteroatoms. The summed E-state index contributed by atoms with van der Waals surface area (Å²) in [4.78, 5) is 11.5. The van der Waals surface area contributed by atoms with E-state index in [4.69, 9.17) is 14.2 Å². The molecule has 1 aliphatic heterocycles. The van der Waals surface area contributed by atoms with E-state index in [2.05, 4.69) is 0 Å². The lowest BCUT2D eigenvalue weighted by Crippen LogP contribution is -2.28. The second-order valence-electron chi connectivity index (χ2n) is 5.24. The molecule has 2 aliphatic rings. The molecule has 104 valence electrons. The van der Waals surface area contributed by atoms with Gasteiger partial charge in [0.25, 0.3) is 0 Å². The monoisotopic (exact) mass is 256 g/mol. The zero-order chi connectivity index (χ0) is 12.6. The first-order valence-corrected chi connectivity index (χ1v) is 7.23. The molecular formula is C14H24O4. The van der Waals surface area contributed by atoms with Gasteiger partial charge in [-0.25, -0.2) is 4.79 Å². The topological polar surface area (TPSA) is 44.8 Å². The summed E-state index contributed by atoms with van der Waals surface area (Å²) in [6, 6.07) is 0. The Morgan fingerprint density at radius 2 is 1.83 bits per heavy atom. The normalized spacial score (nSPS) is 25.9. The van der Waals surface area contributed by atoms with Gasteiger partial charge >= 0.3 is 5.97 Å². The summed E-state index contributed by atoms with van der Waals surface area (Å²) in [5, 5.41) is 0. The van der Waals surface area contributed by atoms with Gasteiger partial charge in [-0.05, 0) is 32.1 Å². The molecule has 2 fully saturated rings. The second kappa shape index (κ2) is 7.74. The van der Waals surface area contributed by atoms with Crippen molar-refractivity contribution in [2.75, 3.05) is 19.8 Å². The largest absolute Gasteiger partial charge is 0.461 e. The van der Waals surface area contributed by atoms with Crippen LogP contribution in [0.3, 0.4) is 0 Å². The smallest absolute Gasteiger partial charge is 0.332 e. The number of hydrogen-bond donors (Lipinski definition) is 0. The molecule has 1 saturated heterocycles. The first-order chi connectivity index (χ1) is 8.84. The third kappa shape index (κ3) is 4.94. The Balaban J connectivity index is 1.54. The molecule has 0 bridgehead atoms. The predicted molar refractivity (Wildman–Crippen MR) is 67.4 cm³/mol. The average molecular weight is 256 g/mol. The number of carbonyl (C=O) groups is 1. The van der Waals surface area contributed by atoms with Crippen molar-refractivity contribution in [1.29, 1.82) is 0 Å². The lowest BCUT2D eigenvalue weighted by atomic mass is 9.98. The van der Waals surface area contributed by atoms with Gasteiger partial charge in [0.15, 0.2) is 0 Å². The van der Waals surface area contributed by atoms with E-state index in [1.54, 1.807) is 0 Å². The molecule has 2 rings (SSSR count). The highest BCUT2D eigenvalue weighted by molar-refractivity contribution is 5.70. The van der Waals surface area contributed by atoms with Crippen molar-refractivity contribution in [3.8, 4) is 0 Å². The summed E-state index contributed by atoms with van der Waals surface area (Å²) in [6.07, 6.45) is 9.54. The first kappa shape index (κ1) is 13.8. The van der Waals surface area contributed by atoms with E-state index in [-0.39, 0.29) is 24.8 Å². The lowest BCUT2D eigenvalue weighted by molar-refractivity contribution is -0.156. The standard InChI is InChI=1S/C14H24O4/c15-14(11-17-12-6-2-1-3-7-12)18-10-13-8-4-5-9-16-13/h12-13H,1-11H2. The van der Waals surface area contributed by atoms with Crippen molar-refractivity contribution in [2.24, 2.45) is 0 Å². The van der Waals surface area contributed by atoms with Gasteiger partial charge in [0, 0.05) is 6.61 Å². The molecule has 1 saturated carbocycles. The second-order valence-corrected chi connectivity index (χ2v) is 5.24. The van der Waals surface area contributed by atoms with Crippen LogP contribution in [0.25, 0.3) is 0 Å². The summed E-state index contributed by atoms with van der Waals surface area (Å²) in [5.41, 5.74) is 0. The minimum absolute atomic E-state index is 0.0946. The number of esters is 1. The quantitative estimate of drug-likeness (QED) is 0.709. The minimum atomic E-state index is -0.255. The summed E-state index contributed by atoms with van der Waals surface area (Å²) in [6.45, 7) is 1.27. The molecule has 1 heterocycles. The van der Waals surface area contributed by atoms with Gasteiger partial charge in [-0.15, -0.1) is 0 Å². The Morgan fingerprint density at radius 1 is 1.06 bits per heavy atom. The van der Waals surface area contributed by atoms with Gasteiger partial charge in [-0.1, -0.05) is 19.3 Å². The Labute approximate surface area is 109 Å². The number of carbonyl (C=O) groups excluding carboxylic acids is 1. The molecule has 18 heavy (non-hydrogen) atoms. The average Bonchev–Trinajstić information content (AvgIpc) is 2.45. The predicted octanol–water partition coefficient (Wildman–Crippen LogP) is 2.45. The zero-order valence-corrected chi connectivity index (χ0v) is 11.1. The van der Waals surface area contributed by atoms with Crippen molar-refractivity contribution in [3.05, 3.63) is 0 Å². The Morgan fingerprint density at radius 3 is 2.56 bits per heavy atom. The van der Waals surface area contributed by atoms with Crippen molar-refractivity contribution in [2.45, 2.75) is 63.6 Å². The van der Waals surface area contributed by atoms with Crippen molar-refractivity contribution in [1.82, 2.24) is 0 Å². The molecule has 4 nitrogen and oxygen atoms in total. The van der Waals surface area contributed by atoms with Crippen molar-refractivity contribution in [3.63, 3.8) is 0 Å². The van der Waals surface area contributed by atoms with Gasteiger partial charge in [-0.2, -0.15) is 0 Å². The summed E-state index contributed by atoms with van der Waals surface area (Å²) in [5.74, 6) is -0.255. The van der Waals surface area contributed by atoms with Crippen LogP contribution in [0.5, 0.6) is 0 Å². The molecule has 0 N–H and O–H groups in total. The minimum Gasteiger partial charge on any atom is -0.461 e. The fourth-order valence-corrected chi connectivity index (χ4v) is 2.58.